The van der Waals surface area contributed by atoms with E-state index in [9.17, 15) is 14.7 Å². The molecule has 8 nitrogen and oxygen atoms in total. The minimum atomic E-state index is -1.17. The highest BCUT2D eigenvalue weighted by molar-refractivity contribution is 6.31. The maximum Gasteiger partial charge on any atom is 0.330 e. The van der Waals surface area contributed by atoms with Crippen LogP contribution in [0, 0.1) is 6.92 Å². The molecule has 0 bridgehead atoms. The van der Waals surface area contributed by atoms with E-state index >= 15 is 0 Å². The molecule has 3 aromatic rings. The van der Waals surface area contributed by atoms with Crippen LogP contribution in [0.2, 0.25) is 5.02 Å². The summed E-state index contributed by atoms with van der Waals surface area (Å²) in [5, 5.41) is 16.7. The lowest BCUT2D eigenvalue weighted by Crippen LogP contribution is -2.44. The predicted octanol–water partition coefficient (Wildman–Crippen LogP) is 2.14. The number of fused-ring (bicyclic) bond motifs is 1. The molecule has 1 aromatic carbocycles. The van der Waals surface area contributed by atoms with Crippen molar-refractivity contribution in [2.75, 3.05) is 13.7 Å². The van der Waals surface area contributed by atoms with Gasteiger partial charge in [-0.05, 0) is 19.1 Å². The topological polar surface area (TPSA) is 102 Å². The van der Waals surface area contributed by atoms with E-state index in [1.54, 1.807) is 35.8 Å². The number of amides is 1. The van der Waals surface area contributed by atoms with E-state index in [-0.39, 0.29) is 12.2 Å². The zero-order valence-electron chi connectivity index (χ0n) is 15.9. The van der Waals surface area contributed by atoms with Gasteiger partial charge in [0.15, 0.2) is 6.04 Å². The molecule has 0 aliphatic heterocycles. The van der Waals surface area contributed by atoms with Gasteiger partial charge in [-0.2, -0.15) is 5.10 Å². The van der Waals surface area contributed by atoms with Crippen LogP contribution in [0.5, 0.6) is 5.75 Å². The second kappa shape index (κ2) is 8.93. The van der Waals surface area contributed by atoms with Crippen LogP contribution in [-0.2, 0) is 16.1 Å². The third-order valence-electron chi connectivity index (χ3n) is 4.33. The van der Waals surface area contributed by atoms with E-state index in [0.717, 1.165) is 5.56 Å². The van der Waals surface area contributed by atoms with Crippen molar-refractivity contribution < 1.29 is 24.2 Å². The van der Waals surface area contributed by atoms with Crippen LogP contribution in [0.3, 0.4) is 0 Å². The molecule has 0 radical (unpaired) electrons. The molecular weight excluding hydrogens is 398 g/mol. The number of halogens is 1. The maximum absolute atomic E-state index is 12.7. The molecule has 152 valence electrons. The molecule has 0 aliphatic carbocycles. The molecule has 1 amide bonds. The van der Waals surface area contributed by atoms with Crippen LogP contribution in [-0.4, -0.2) is 46.4 Å². The van der Waals surface area contributed by atoms with E-state index in [1.165, 1.54) is 7.11 Å². The third-order valence-corrected chi connectivity index (χ3v) is 4.70. The van der Waals surface area contributed by atoms with Gasteiger partial charge in [-0.15, -0.1) is 0 Å². The minimum absolute atomic E-state index is 0.263. The number of benzene rings is 1. The Bertz CT molecular complexity index is 1050. The lowest BCUT2D eigenvalue weighted by atomic mass is 10.1. The fourth-order valence-electron chi connectivity index (χ4n) is 2.84. The van der Waals surface area contributed by atoms with E-state index in [2.05, 4.69) is 15.2 Å². The number of carbonyl (C=O) groups is 2. The molecule has 29 heavy (non-hydrogen) atoms. The summed E-state index contributed by atoms with van der Waals surface area (Å²) in [4.78, 5) is 24.4. The summed E-state index contributed by atoms with van der Waals surface area (Å²) in [6.07, 6.45) is 1.67. The van der Waals surface area contributed by atoms with Gasteiger partial charge < -0.3 is 19.9 Å². The summed E-state index contributed by atoms with van der Waals surface area (Å²) in [5.74, 6) is -0.762. The van der Waals surface area contributed by atoms with Crippen molar-refractivity contribution in [1.29, 1.82) is 0 Å². The van der Waals surface area contributed by atoms with E-state index in [4.69, 9.17) is 16.3 Å². The fourth-order valence-corrected chi connectivity index (χ4v) is 3.03. The molecular formula is C20H20ClN3O5. The van der Waals surface area contributed by atoms with Gasteiger partial charge in [-0.1, -0.05) is 29.8 Å². The summed E-state index contributed by atoms with van der Waals surface area (Å²) in [5.41, 5.74) is 2.07. The normalized spacial score (nSPS) is 11.9. The number of hydrogen-bond donors (Lipinski definition) is 2. The average Bonchev–Trinajstić information content (AvgIpc) is 3.05. The molecule has 2 N–H and O–H groups in total. The summed E-state index contributed by atoms with van der Waals surface area (Å²) in [6, 6.07) is 9.60. The number of methoxy groups -OCH3 is 1. The SMILES string of the molecule is COC(=O)[C@H](CO)NC(=O)c1c(C)nn2ccc(OCc3ccccc3Cl)cc12. The number of rotatable bonds is 7. The molecule has 0 fully saturated rings. The molecule has 0 spiro atoms. The van der Waals surface area contributed by atoms with Crippen LogP contribution < -0.4 is 10.1 Å². The number of ether oxygens (including phenoxy) is 2. The number of aromatic nitrogens is 2. The van der Waals surface area contributed by atoms with Gasteiger partial charge in [-0.25, -0.2) is 9.31 Å². The quantitative estimate of drug-likeness (QED) is 0.571. The van der Waals surface area contributed by atoms with Crippen LogP contribution in [0.4, 0.5) is 0 Å². The van der Waals surface area contributed by atoms with Gasteiger partial charge >= 0.3 is 5.97 Å². The number of esters is 1. The van der Waals surface area contributed by atoms with Gasteiger partial charge in [-0.3, -0.25) is 4.79 Å². The molecule has 1 atom stereocenters. The average molecular weight is 418 g/mol. The largest absolute Gasteiger partial charge is 0.489 e. The molecule has 9 heteroatoms. The first-order chi connectivity index (χ1) is 13.9. The highest BCUT2D eigenvalue weighted by Crippen LogP contribution is 2.23. The second-order valence-corrected chi connectivity index (χ2v) is 6.67. The van der Waals surface area contributed by atoms with Crippen molar-refractivity contribution >= 4 is 29.0 Å². The lowest BCUT2D eigenvalue weighted by molar-refractivity contribution is -0.143. The van der Waals surface area contributed by atoms with Gasteiger partial charge in [0.2, 0.25) is 0 Å². The van der Waals surface area contributed by atoms with Crippen molar-refractivity contribution in [1.82, 2.24) is 14.9 Å². The molecule has 0 saturated carbocycles. The van der Waals surface area contributed by atoms with E-state index in [1.807, 2.05) is 18.2 Å². The molecule has 0 saturated heterocycles. The Labute approximate surface area is 172 Å². The fraction of sp³-hybridized carbons (Fsp3) is 0.250. The van der Waals surface area contributed by atoms with Crippen molar-refractivity contribution in [3.63, 3.8) is 0 Å². The van der Waals surface area contributed by atoms with E-state index < -0.39 is 24.5 Å². The minimum Gasteiger partial charge on any atom is -0.489 e. The lowest BCUT2D eigenvalue weighted by Gasteiger charge is -2.13. The zero-order chi connectivity index (χ0) is 21.0. The Morgan fingerprint density at radius 2 is 2.07 bits per heavy atom. The van der Waals surface area contributed by atoms with E-state index in [0.29, 0.717) is 22.0 Å². The van der Waals surface area contributed by atoms with Crippen LogP contribution in [0.1, 0.15) is 21.6 Å². The number of nitrogens with one attached hydrogen (secondary N) is 1. The van der Waals surface area contributed by atoms with Crippen LogP contribution in [0.25, 0.3) is 5.52 Å². The van der Waals surface area contributed by atoms with Crippen molar-refractivity contribution in [2.24, 2.45) is 0 Å². The molecule has 2 aromatic heterocycles. The van der Waals surface area contributed by atoms with Crippen LogP contribution >= 0.6 is 11.6 Å². The predicted molar refractivity (Wildman–Crippen MR) is 106 cm³/mol. The number of carbonyl (C=O) groups excluding carboxylic acids is 2. The first kappa shape index (κ1) is 20.6. The number of aliphatic hydroxyl groups is 1. The standard InChI is InChI=1S/C20H20ClN3O5/c1-12-18(19(26)22-16(10-25)20(27)28-2)17-9-14(7-8-24(17)23-12)29-11-13-5-3-4-6-15(13)21/h3-9,16,25H,10-11H2,1-2H3,(H,22,26)/t16-/m0/s1. The van der Waals surface area contributed by atoms with Crippen molar-refractivity contribution in [3.8, 4) is 5.75 Å². The first-order valence-corrected chi connectivity index (χ1v) is 9.17. The summed E-state index contributed by atoms with van der Waals surface area (Å²) in [7, 11) is 1.18. The number of nitrogens with zero attached hydrogens (tertiary/aromatic N) is 2. The van der Waals surface area contributed by atoms with Gasteiger partial charge in [0, 0.05) is 22.8 Å². The molecule has 2 heterocycles. The monoisotopic (exact) mass is 417 g/mol. The molecule has 0 aliphatic rings. The summed E-state index contributed by atoms with van der Waals surface area (Å²) < 4.78 is 11.9. The Kier molecular flexibility index (Phi) is 6.36. The molecule has 0 unspecified atom stereocenters. The second-order valence-electron chi connectivity index (χ2n) is 6.26. The third kappa shape index (κ3) is 4.49. The Hall–Kier alpha value is -3.10. The van der Waals surface area contributed by atoms with Crippen molar-refractivity contribution in [2.45, 2.75) is 19.6 Å². The van der Waals surface area contributed by atoms with Crippen LogP contribution in [0.15, 0.2) is 42.6 Å². The van der Waals surface area contributed by atoms with Gasteiger partial charge in [0.05, 0.1) is 30.5 Å². The zero-order valence-corrected chi connectivity index (χ0v) is 16.6. The number of hydrogen-bond acceptors (Lipinski definition) is 6. The Balaban J connectivity index is 1.85. The Morgan fingerprint density at radius 1 is 1.31 bits per heavy atom. The van der Waals surface area contributed by atoms with Gasteiger partial charge in [0.25, 0.3) is 5.91 Å². The smallest absolute Gasteiger partial charge is 0.330 e. The van der Waals surface area contributed by atoms with Crippen molar-refractivity contribution in [3.05, 3.63) is 64.4 Å². The summed E-state index contributed by atoms with van der Waals surface area (Å²) >= 11 is 6.15. The summed E-state index contributed by atoms with van der Waals surface area (Å²) in [6.45, 7) is 1.36. The number of aliphatic hydroxyl groups excluding tert-OH is 1. The number of pyridine rings is 1. The molecule has 3 rings (SSSR count). The maximum atomic E-state index is 12.7. The Morgan fingerprint density at radius 3 is 2.76 bits per heavy atom. The van der Waals surface area contributed by atoms with Gasteiger partial charge in [0.1, 0.15) is 12.4 Å². The first-order valence-electron chi connectivity index (χ1n) is 8.79. The highest BCUT2D eigenvalue weighted by Gasteiger charge is 2.25. The highest BCUT2D eigenvalue weighted by atomic mass is 35.5. The number of aryl methyl sites for hydroxylation is 1.